The van der Waals surface area contributed by atoms with Crippen LogP contribution in [0.25, 0.3) is 11.0 Å². The summed E-state index contributed by atoms with van der Waals surface area (Å²) in [6.45, 7) is 10.6. The average Bonchev–Trinajstić information content (AvgIpc) is 3.53. The predicted molar refractivity (Wildman–Crippen MR) is 143 cm³/mol. The number of hydrogen-bond donors (Lipinski definition) is 1. The molecule has 5 rings (SSSR count). The molecule has 1 saturated heterocycles. The first-order valence-corrected chi connectivity index (χ1v) is 13.0. The van der Waals surface area contributed by atoms with E-state index < -0.39 is 11.4 Å². The van der Waals surface area contributed by atoms with Gasteiger partial charge in [0.05, 0.1) is 17.0 Å². The first-order chi connectivity index (χ1) is 17.7. The zero-order valence-electron chi connectivity index (χ0n) is 22.3. The number of piperidine rings is 1. The van der Waals surface area contributed by atoms with Gasteiger partial charge in [-0.2, -0.15) is 5.10 Å². The standard InChI is InChI=1S/C29H36N6O2/c1-19-9-10-21(16-22(19)17-34-14-6-8-23(18-34)35-15-7-13-30-35)26(29(3,4)28(36)37)24-11-12-25-27(20(24)2)31-32-33(25)5/h7,9-13,15-16,23,26H,6,8,14,17-18H2,1-5H3,(H,36,37)/t23-,26?/m0/s1. The minimum Gasteiger partial charge on any atom is -0.481 e. The minimum absolute atomic E-state index is 0.339. The van der Waals surface area contributed by atoms with Crippen LogP contribution in [0, 0.1) is 19.3 Å². The molecule has 0 aliphatic carbocycles. The molecule has 1 N–H and O–H groups in total. The maximum absolute atomic E-state index is 12.6. The number of carboxylic acid groups (broad SMARTS) is 1. The first-order valence-electron chi connectivity index (χ1n) is 13.0. The number of hydrogen-bond acceptors (Lipinski definition) is 5. The second-order valence-electron chi connectivity index (χ2n) is 11.0. The maximum atomic E-state index is 12.6. The van der Waals surface area contributed by atoms with E-state index in [1.807, 2.05) is 46.1 Å². The van der Waals surface area contributed by atoms with Crippen molar-refractivity contribution >= 4 is 17.0 Å². The highest BCUT2D eigenvalue weighted by atomic mass is 16.4. The average molecular weight is 501 g/mol. The molecule has 194 valence electrons. The molecule has 2 aromatic carbocycles. The molecule has 1 unspecified atom stereocenters. The quantitative estimate of drug-likeness (QED) is 0.390. The highest BCUT2D eigenvalue weighted by Gasteiger charge is 2.40. The molecule has 0 bridgehead atoms. The van der Waals surface area contributed by atoms with Gasteiger partial charge in [0, 0.05) is 38.4 Å². The Kier molecular flexibility index (Phi) is 6.62. The maximum Gasteiger partial charge on any atom is 0.310 e. The molecule has 8 nitrogen and oxygen atoms in total. The van der Waals surface area contributed by atoms with Gasteiger partial charge in [-0.3, -0.25) is 14.4 Å². The summed E-state index contributed by atoms with van der Waals surface area (Å²) in [5.41, 5.74) is 6.16. The van der Waals surface area contributed by atoms with E-state index in [4.69, 9.17) is 0 Å². The van der Waals surface area contributed by atoms with Crippen molar-refractivity contribution in [1.82, 2.24) is 29.7 Å². The number of benzene rings is 2. The Morgan fingerprint density at radius 3 is 2.76 bits per heavy atom. The van der Waals surface area contributed by atoms with Crippen LogP contribution in [0.5, 0.6) is 0 Å². The number of carboxylic acids is 1. The summed E-state index contributed by atoms with van der Waals surface area (Å²) in [6, 6.07) is 12.9. The zero-order valence-corrected chi connectivity index (χ0v) is 22.3. The van der Waals surface area contributed by atoms with Crippen molar-refractivity contribution in [3.05, 3.63) is 76.6 Å². The third-order valence-corrected chi connectivity index (χ3v) is 8.14. The summed E-state index contributed by atoms with van der Waals surface area (Å²) in [6.07, 6.45) is 6.16. The van der Waals surface area contributed by atoms with Crippen LogP contribution in [-0.4, -0.2) is 53.8 Å². The van der Waals surface area contributed by atoms with Gasteiger partial charge in [-0.15, -0.1) is 5.10 Å². The fourth-order valence-corrected chi connectivity index (χ4v) is 5.84. The van der Waals surface area contributed by atoms with Gasteiger partial charge in [0.1, 0.15) is 5.52 Å². The van der Waals surface area contributed by atoms with Crippen molar-refractivity contribution in [3.63, 3.8) is 0 Å². The molecule has 2 atom stereocenters. The van der Waals surface area contributed by atoms with Gasteiger partial charge >= 0.3 is 5.97 Å². The Morgan fingerprint density at radius 2 is 2.03 bits per heavy atom. The molecule has 3 heterocycles. The van der Waals surface area contributed by atoms with Crippen LogP contribution >= 0.6 is 0 Å². The molecule has 1 aliphatic heterocycles. The highest BCUT2D eigenvalue weighted by Crippen LogP contribution is 2.44. The van der Waals surface area contributed by atoms with Gasteiger partial charge in [-0.05, 0) is 87.0 Å². The molecule has 1 aliphatic rings. The number of carbonyl (C=O) groups is 1. The smallest absolute Gasteiger partial charge is 0.310 e. The van der Waals surface area contributed by atoms with Crippen molar-refractivity contribution in [3.8, 4) is 0 Å². The number of aryl methyl sites for hydroxylation is 3. The first kappa shape index (κ1) is 25.1. The summed E-state index contributed by atoms with van der Waals surface area (Å²) < 4.78 is 3.83. The fraction of sp³-hybridized carbons (Fsp3) is 0.448. The van der Waals surface area contributed by atoms with Crippen LogP contribution in [-0.2, 0) is 18.4 Å². The number of aliphatic carboxylic acids is 1. The number of nitrogens with zero attached hydrogens (tertiary/aromatic N) is 6. The Morgan fingerprint density at radius 1 is 1.22 bits per heavy atom. The molecule has 0 radical (unpaired) electrons. The molecule has 4 aromatic rings. The van der Waals surface area contributed by atoms with Crippen molar-refractivity contribution in [2.75, 3.05) is 13.1 Å². The highest BCUT2D eigenvalue weighted by molar-refractivity contribution is 5.81. The molecule has 0 amide bonds. The van der Waals surface area contributed by atoms with E-state index in [0.717, 1.165) is 60.2 Å². The van der Waals surface area contributed by atoms with E-state index in [1.54, 1.807) is 4.68 Å². The van der Waals surface area contributed by atoms with Crippen LogP contribution in [0.1, 0.15) is 66.5 Å². The van der Waals surface area contributed by atoms with Gasteiger partial charge in [-0.25, -0.2) is 4.68 Å². The predicted octanol–water partition coefficient (Wildman–Crippen LogP) is 4.86. The second-order valence-corrected chi connectivity index (χ2v) is 11.0. The number of rotatable bonds is 7. The van der Waals surface area contributed by atoms with Gasteiger partial charge < -0.3 is 5.11 Å². The van der Waals surface area contributed by atoms with Crippen molar-refractivity contribution in [2.24, 2.45) is 12.5 Å². The normalized spacial score (nSPS) is 17.8. The Balaban J connectivity index is 1.52. The molecular formula is C29H36N6O2. The molecule has 0 saturated carbocycles. The largest absolute Gasteiger partial charge is 0.481 e. The van der Waals surface area contributed by atoms with Crippen LogP contribution in [0.4, 0.5) is 0 Å². The molecule has 0 spiro atoms. The Labute approximate surface area is 217 Å². The fourth-order valence-electron chi connectivity index (χ4n) is 5.84. The SMILES string of the molecule is Cc1ccc(C(c2ccc3c(nnn3C)c2C)C(C)(C)C(=O)O)cc1CN1CCC[C@H](n2cccn2)C1. The van der Waals surface area contributed by atoms with E-state index in [0.29, 0.717) is 6.04 Å². The zero-order chi connectivity index (χ0) is 26.3. The van der Waals surface area contributed by atoms with Crippen LogP contribution in [0.2, 0.25) is 0 Å². The van der Waals surface area contributed by atoms with Crippen LogP contribution < -0.4 is 0 Å². The third kappa shape index (κ3) is 4.66. The number of aromatic nitrogens is 5. The lowest BCUT2D eigenvalue weighted by atomic mass is 9.69. The monoisotopic (exact) mass is 500 g/mol. The lowest BCUT2D eigenvalue weighted by molar-refractivity contribution is -0.147. The van der Waals surface area contributed by atoms with Gasteiger partial charge in [0.15, 0.2) is 0 Å². The molecular weight excluding hydrogens is 464 g/mol. The van der Waals surface area contributed by atoms with Crippen LogP contribution in [0.3, 0.4) is 0 Å². The van der Waals surface area contributed by atoms with Gasteiger partial charge in [0.25, 0.3) is 0 Å². The molecule has 2 aromatic heterocycles. The second kappa shape index (κ2) is 9.74. The van der Waals surface area contributed by atoms with Crippen molar-refractivity contribution in [1.29, 1.82) is 0 Å². The summed E-state index contributed by atoms with van der Waals surface area (Å²) in [5, 5.41) is 23.3. The Hall–Kier alpha value is -3.52. The number of likely N-dealkylation sites (tertiary alicyclic amines) is 1. The Bertz CT molecular complexity index is 1420. The van der Waals surface area contributed by atoms with Crippen LogP contribution in [0.15, 0.2) is 48.8 Å². The van der Waals surface area contributed by atoms with E-state index in [9.17, 15) is 9.90 Å². The lowest BCUT2D eigenvalue weighted by Crippen LogP contribution is -2.36. The summed E-state index contributed by atoms with van der Waals surface area (Å²) in [7, 11) is 1.87. The summed E-state index contributed by atoms with van der Waals surface area (Å²) >= 11 is 0. The molecule has 1 fully saturated rings. The topological polar surface area (TPSA) is 89.1 Å². The minimum atomic E-state index is -1.02. The van der Waals surface area contributed by atoms with E-state index in [-0.39, 0.29) is 5.92 Å². The molecule has 37 heavy (non-hydrogen) atoms. The molecule has 8 heteroatoms. The van der Waals surface area contributed by atoms with Gasteiger partial charge in [0.2, 0.25) is 0 Å². The summed E-state index contributed by atoms with van der Waals surface area (Å²) in [4.78, 5) is 15.1. The summed E-state index contributed by atoms with van der Waals surface area (Å²) in [5.74, 6) is -1.16. The third-order valence-electron chi connectivity index (χ3n) is 8.14. The van der Waals surface area contributed by atoms with Crippen molar-refractivity contribution in [2.45, 2.75) is 59.0 Å². The van der Waals surface area contributed by atoms with E-state index >= 15 is 0 Å². The van der Waals surface area contributed by atoms with Crippen molar-refractivity contribution < 1.29 is 9.90 Å². The number of fused-ring (bicyclic) bond motifs is 1. The van der Waals surface area contributed by atoms with E-state index in [2.05, 4.69) is 62.4 Å². The lowest BCUT2D eigenvalue weighted by Gasteiger charge is -2.35. The van der Waals surface area contributed by atoms with Gasteiger partial charge in [-0.1, -0.05) is 29.5 Å². The van der Waals surface area contributed by atoms with E-state index in [1.165, 1.54) is 11.1 Å².